The van der Waals surface area contributed by atoms with Gasteiger partial charge in [-0.3, -0.25) is 0 Å². The van der Waals surface area contributed by atoms with Crippen LogP contribution < -0.4 is 9.47 Å². The predicted octanol–water partition coefficient (Wildman–Crippen LogP) is 4.63. The minimum atomic E-state index is -4.84. The number of esters is 1. The number of carbonyl (C=O) groups is 1. The Balaban J connectivity index is 3.33. The molecule has 0 saturated carbocycles. The van der Waals surface area contributed by atoms with E-state index in [1.54, 1.807) is 0 Å². The standard InChI is InChI=1S/C17H24F3NO4/c1-4-7-9-24-12-11-13(25-10-8-5-2)21-15(17(18,19)20)14(12)16(22)23-6-3/h11H,4-10H2,1-3H3. The molecule has 0 bridgehead atoms. The van der Waals surface area contributed by atoms with Gasteiger partial charge in [-0.1, -0.05) is 26.7 Å². The van der Waals surface area contributed by atoms with Gasteiger partial charge >= 0.3 is 12.1 Å². The number of hydrogen-bond acceptors (Lipinski definition) is 5. The van der Waals surface area contributed by atoms with Crippen LogP contribution in [0.5, 0.6) is 11.6 Å². The normalized spacial score (nSPS) is 11.3. The molecule has 0 spiro atoms. The molecule has 0 radical (unpaired) electrons. The summed E-state index contributed by atoms with van der Waals surface area (Å²) < 4.78 is 55.6. The van der Waals surface area contributed by atoms with E-state index in [1.807, 2.05) is 13.8 Å². The fraction of sp³-hybridized carbons (Fsp3) is 0.647. The molecule has 0 saturated heterocycles. The van der Waals surface area contributed by atoms with Crippen molar-refractivity contribution in [2.75, 3.05) is 19.8 Å². The molecule has 0 amide bonds. The molecule has 1 rings (SSSR count). The highest BCUT2D eigenvalue weighted by Gasteiger charge is 2.40. The van der Waals surface area contributed by atoms with Gasteiger partial charge in [-0.15, -0.1) is 0 Å². The highest BCUT2D eigenvalue weighted by molar-refractivity contribution is 5.94. The van der Waals surface area contributed by atoms with Crippen LogP contribution in [0, 0.1) is 0 Å². The van der Waals surface area contributed by atoms with Gasteiger partial charge in [0.05, 0.1) is 19.8 Å². The molecule has 8 heteroatoms. The minimum absolute atomic E-state index is 0.0563. The minimum Gasteiger partial charge on any atom is -0.492 e. The summed E-state index contributed by atoms with van der Waals surface area (Å²) in [4.78, 5) is 15.5. The Hall–Kier alpha value is -1.99. The van der Waals surface area contributed by atoms with Gasteiger partial charge in [-0.05, 0) is 19.8 Å². The SMILES string of the molecule is CCCCOc1cc(OCCCC)c(C(=O)OCC)c(C(F)(F)F)n1. The van der Waals surface area contributed by atoms with Crippen LogP contribution in [0.25, 0.3) is 0 Å². The van der Waals surface area contributed by atoms with E-state index in [0.717, 1.165) is 12.8 Å². The number of rotatable bonds is 10. The smallest absolute Gasteiger partial charge is 0.434 e. The maximum absolute atomic E-state index is 13.4. The zero-order chi connectivity index (χ0) is 18.9. The van der Waals surface area contributed by atoms with E-state index in [-0.39, 0.29) is 31.5 Å². The molecule has 0 aliphatic heterocycles. The van der Waals surface area contributed by atoms with Crippen molar-refractivity contribution < 1.29 is 32.2 Å². The molecule has 0 N–H and O–H groups in total. The number of carbonyl (C=O) groups excluding carboxylic acids is 1. The lowest BCUT2D eigenvalue weighted by Crippen LogP contribution is -2.20. The zero-order valence-corrected chi connectivity index (χ0v) is 14.7. The van der Waals surface area contributed by atoms with Gasteiger partial charge < -0.3 is 14.2 Å². The van der Waals surface area contributed by atoms with E-state index < -0.39 is 23.4 Å². The molecule has 0 atom stereocenters. The van der Waals surface area contributed by atoms with E-state index in [2.05, 4.69) is 4.98 Å². The number of pyridine rings is 1. The summed E-state index contributed by atoms with van der Waals surface area (Å²) in [7, 11) is 0. The van der Waals surface area contributed by atoms with Crippen LogP contribution >= 0.6 is 0 Å². The zero-order valence-electron chi connectivity index (χ0n) is 14.7. The van der Waals surface area contributed by atoms with Crippen molar-refractivity contribution in [1.82, 2.24) is 4.98 Å². The monoisotopic (exact) mass is 363 g/mol. The Morgan fingerprint density at radius 3 is 2.20 bits per heavy atom. The fourth-order valence-electron chi connectivity index (χ4n) is 1.94. The molecule has 142 valence electrons. The van der Waals surface area contributed by atoms with Gasteiger partial charge in [0, 0.05) is 6.07 Å². The number of aromatic nitrogens is 1. The van der Waals surface area contributed by atoms with Crippen molar-refractivity contribution in [3.63, 3.8) is 0 Å². The topological polar surface area (TPSA) is 57.7 Å². The quantitative estimate of drug-likeness (QED) is 0.448. The van der Waals surface area contributed by atoms with Crippen molar-refractivity contribution in [2.45, 2.75) is 52.6 Å². The number of alkyl halides is 3. The highest BCUT2D eigenvalue weighted by Crippen LogP contribution is 2.37. The van der Waals surface area contributed by atoms with Crippen LogP contribution in [-0.4, -0.2) is 30.8 Å². The third-order valence-electron chi connectivity index (χ3n) is 3.21. The Morgan fingerprint density at radius 1 is 1.08 bits per heavy atom. The first-order chi connectivity index (χ1) is 11.8. The third-order valence-corrected chi connectivity index (χ3v) is 3.21. The van der Waals surface area contributed by atoms with Gasteiger partial charge in [-0.25, -0.2) is 9.78 Å². The first-order valence-corrected chi connectivity index (χ1v) is 8.40. The van der Waals surface area contributed by atoms with E-state index in [9.17, 15) is 18.0 Å². The molecule has 25 heavy (non-hydrogen) atoms. The number of halogens is 3. The van der Waals surface area contributed by atoms with Gasteiger partial charge in [0.2, 0.25) is 5.88 Å². The summed E-state index contributed by atoms with van der Waals surface area (Å²) in [6, 6.07) is 1.22. The lowest BCUT2D eigenvalue weighted by atomic mass is 10.1. The molecule has 1 aromatic heterocycles. The largest absolute Gasteiger partial charge is 0.492 e. The summed E-state index contributed by atoms with van der Waals surface area (Å²) >= 11 is 0. The van der Waals surface area contributed by atoms with Crippen molar-refractivity contribution in [3.8, 4) is 11.6 Å². The molecule has 0 aliphatic carbocycles. The lowest BCUT2D eigenvalue weighted by Gasteiger charge is -2.17. The average molecular weight is 363 g/mol. The molecular formula is C17H24F3NO4. The first kappa shape index (κ1) is 21.1. The van der Waals surface area contributed by atoms with Gasteiger partial charge in [0.25, 0.3) is 0 Å². The van der Waals surface area contributed by atoms with Gasteiger partial charge in [0.1, 0.15) is 11.3 Å². The second-order valence-corrected chi connectivity index (χ2v) is 5.30. The Labute approximate surface area is 145 Å². The number of hydrogen-bond donors (Lipinski definition) is 0. The third kappa shape index (κ3) is 6.43. The van der Waals surface area contributed by atoms with E-state index in [4.69, 9.17) is 14.2 Å². The second kappa shape index (κ2) is 10.1. The van der Waals surface area contributed by atoms with E-state index >= 15 is 0 Å². The summed E-state index contributed by atoms with van der Waals surface area (Å²) in [5.41, 5.74) is -2.07. The van der Waals surface area contributed by atoms with Crippen LogP contribution in [0.3, 0.4) is 0 Å². The van der Waals surface area contributed by atoms with Crippen molar-refractivity contribution >= 4 is 5.97 Å². The Morgan fingerprint density at radius 2 is 1.68 bits per heavy atom. The van der Waals surface area contributed by atoms with E-state index in [0.29, 0.717) is 12.8 Å². The van der Waals surface area contributed by atoms with E-state index in [1.165, 1.54) is 13.0 Å². The maximum atomic E-state index is 13.4. The van der Waals surface area contributed by atoms with Crippen LogP contribution in [0.1, 0.15) is 62.5 Å². The fourth-order valence-corrected chi connectivity index (χ4v) is 1.94. The molecular weight excluding hydrogens is 339 g/mol. The van der Waals surface area contributed by atoms with Crippen LogP contribution in [0.4, 0.5) is 13.2 Å². The molecule has 0 unspecified atom stereocenters. The Bertz CT molecular complexity index is 562. The molecule has 1 aromatic rings. The maximum Gasteiger partial charge on any atom is 0.434 e. The number of unbranched alkanes of at least 4 members (excludes halogenated alkanes) is 2. The van der Waals surface area contributed by atoms with Crippen molar-refractivity contribution in [3.05, 3.63) is 17.3 Å². The molecule has 0 aromatic carbocycles. The van der Waals surface area contributed by atoms with Crippen molar-refractivity contribution in [1.29, 1.82) is 0 Å². The van der Waals surface area contributed by atoms with Crippen LogP contribution in [0.15, 0.2) is 6.07 Å². The Kier molecular flexibility index (Phi) is 8.51. The van der Waals surface area contributed by atoms with Crippen molar-refractivity contribution in [2.24, 2.45) is 0 Å². The number of nitrogens with zero attached hydrogens (tertiary/aromatic N) is 1. The van der Waals surface area contributed by atoms with Gasteiger partial charge in [0.15, 0.2) is 5.69 Å². The summed E-state index contributed by atoms with van der Waals surface area (Å²) in [5.74, 6) is -1.56. The summed E-state index contributed by atoms with van der Waals surface area (Å²) in [6.45, 7) is 5.72. The second-order valence-electron chi connectivity index (χ2n) is 5.30. The molecule has 5 nitrogen and oxygen atoms in total. The lowest BCUT2D eigenvalue weighted by molar-refractivity contribution is -0.142. The predicted molar refractivity (Wildman–Crippen MR) is 86.0 cm³/mol. The highest BCUT2D eigenvalue weighted by atomic mass is 19.4. The van der Waals surface area contributed by atoms with Gasteiger partial charge in [-0.2, -0.15) is 13.2 Å². The summed E-state index contributed by atoms with van der Waals surface area (Å²) in [5, 5.41) is 0. The average Bonchev–Trinajstić information content (AvgIpc) is 2.54. The number of ether oxygens (including phenoxy) is 3. The molecule has 0 aliphatic rings. The molecule has 1 heterocycles. The first-order valence-electron chi connectivity index (χ1n) is 8.40. The molecule has 0 fully saturated rings. The van der Waals surface area contributed by atoms with Crippen LogP contribution in [-0.2, 0) is 10.9 Å². The van der Waals surface area contributed by atoms with Crippen LogP contribution in [0.2, 0.25) is 0 Å². The summed E-state index contributed by atoms with van der Waals surface area (Å²) in [6.07, 6.45) is -1.90.